The molecule has 0 amide bonds. The van der Waals surface area contributed by atoms with E-state index in [1.54, 1.807) is 0 Å². The van der Waals surface area contributed by atoms with Gasteiger partial charge in [-0.3, -0.25) is 0 Å². The fourth-order valence-electron chi connectivity index (χ4n) is 22.7. The molecule has 0 aromatic heterocycles. The fraction of sp³-hybridized carbons (Fsp3) is 0.900. The molecule has 470 valence electrons. The third kappa shape index (κ3) is 13.6. The van der Waals surface area contributed by atoms with Crippen molar-refractivity contribution in [3.63, 3.8) is 0 Å². The van der Waals surface area contributed by atoms with Crippen LogP contribution in [0.1, 0.15) is 265 Å². The van der Waals surface area contributed by atoms with Crippen LogP contribution in [-0.4, -0.2) is 62.5 Å². The molecule has 0 bridgehead atoms. The van der Waals surface area contributed by atoms with Crippen molar-refractivity contribution in [1.82, 2.24) is 0 Å². The summed E-state index contributed by atoms with van der Waals surface area (Å²) in [7, 11) is 0. The van der Waals surface area contributed by atoms with Crippen LogP contribution in [0.15, 0.2) is 30.3 Å². The van der Waals surface area contributed by atoms with Crippen molar-refractivity contribution in [2.24, 2.45) is 105 Å². The number of carbonyl (C=O) groups excluding carboxylic acids is 1. The monoisotopic (exact) mass is 1200 g/mol. The summed E-state index contributed by atoms with van der Waals surface area (Å²) in [5.41, 5.74) is -3.91. The zero-order chi connectivity index (χ0) is 57.3. The molecule has 0 saturated heterocycles. The standard InChI is InChI=1S/C38H55F3O3.C31H51F3O2.CH4.K.H2O/c1-25(14-19-33(26-10-6-4-7-11-26)44-34(42)27-12-8-5-9-13-27)30-17-18-31-29-16-15-28-24-37(43,38(39,40)41)23-22-35(28,2)32(29)20-21-36(30,31)3;1-20(9-14-27(35)21-7-5-4-6-8-21)24-12-13-25-23-11-10-22-19-30(36,31(32,33)34)18-17-28(22,2)26(23)15-16-29(24,25)3;;;/h5,8-9,12-13,25-26,28-33,43H,4,6-7,10-11,14-24H2,1-3H3;20-27,35-36H,4-19H2,1-3H3;1H4;;1H2/q;;;+1;/p-1/t25-,28+,29+,30-,31+,32+,33+,35+,36-,37+;20-,22+,23+,24-,25+,26+,27+,28+,29-,30+;;;/m11.../s1. The number of carbonyl (C=O) groups is 1. The van der Waals surface area contributed by atoms with E-state index in [1.807, 2.05) is 30.3 Å². The zero-order valence-electron chi connectivity index (χ0n) is 51.6. The van der Waals surface area contributed by atoms with Gasteiger partial charge in [-0.15, -0.1) is 0 Å². The van der Waals surface area contributed by atoms with E-state index in [0.29, 0.717) is 94.8 Å². The van der Waals surface area contributed by atoms with E-state index in [0.717, 1.165) is 83.5 Å². The third-order valence-electron chi connectivity index (χ3n) is 27.5. The Hall–Kier alpha value is -0.254. The fourth-order valence-corrected chi connectivity index (χ4v) is 22.7. The van der Waals surface area contributed by atoms with Crippen LogP contribution in [0, 0.1) is 105 Å². The van der Waals surface area contributed by atoms with E-state index < -0.39 is 23.6 Å². The van der Waals surface area contributed by atoms with Crippen molar-refractivity contribution >= 4 is 5.97 Å². The number of halogens is 6. The van der Waals surface area contributed by atoms with E-state index in [4.69, 9.17) is 4.74 Å². The van der Waals surface area contributed by atoms with Gasteiger partial charge in [-0.05, 0) is 284 Å². The number of hydrogen-bond acceptors (Lipinski definition) is 6. The summed E-state index contributed by atoms with van der Waals surface area (Å²) in [6.07, 6.45) is 21.0. The minimum atomic E-state index is -4.54. The summed E-state index contributed by atoms with van der Waals surface area (Å²) in [5, 5.41) is 31.9. The largest absolute Gasteiger partial charge is 1.00 e. The SMILES string of the molecule is C.C[C@H](CC[C@H](O)C1CCCCC1)[C@H]1CC[C@H]2[C@@H]3CC[C@H]4C[C@](O)(C(F)(F)F)CC[C@]4(C)[C@H]3CC[C@]12C.C[C@H](CC[C@H](OC(=O)c1ccccc1)C1CCCCC1)[C@H]1CC[C@H]2[C@@H]3CC[C@H]4C[C@](O)(C(F)(F)F)CC[C@]4(C)[C@H]3CC[C@]12C.[K+].[OH-]. The summed E-state index contributed by atoms with van der Waals surface area (Å²) in [6.45, 7) is 14.5. The second kappa shape index (κ2) is 27.3. The number of rotatable bonds is 12. The zero-order valence-corrected chi connectivity index (χ0v) is 54.7. The Balaban J connectivity index is 0.000000234. The van der Waals surface area contributed by atoms with Crippen LogP contribution in [-0.2, 0) is 4.74 Å². The first-order chi connectivity index (χ1) is 37.7. The Morgan fingerprint density at radius 1 is 0.530 bits per heavy atom. The average molecular weight is 1200 g/mol. The molecule has 10 fully saturated rings. The van der Waals surface area contributed by atoms with Gasteiger partial charge < -0.3 is 25.5 Å². The minimum absolute atomic E-state index is 0. The molecule has 0 aliphatic heterocycles. The van der Waals surface area contributed by atoms with Crippen LogP contribution < -0.4 is 51.4 Å². The molecule has 1 aromatic rings. The average Bonchev–Trinajstić information content (AvgIpc) is 2.87. The first-order valence-electron chi connectivity index (χ1n) is 33.3. The number of alkyl halides is 6. The molecule has 6 nitrogen and oxygen atoms in total. The predicted octanol–water partition coefficient (Wildman–Crippen LogP) is 15.9. The molecule has 11 rings (SSSR count). The van der Waals surface area contributed by atoms with E-state index in [-0.39, 0.29) is 136 Å². The van der Waals surface area contributed by atoms with E-state index >= 15 is 0 Å². The van der Waals surface area contributed by atoms with Gasteiger partial charge in [-0.25, -0.2) is 4.79 Å². The molecule has 0 heterocycles. The summed E-state index contributed by atoms with van der Waals surface area (Å²) in [4.78, 5) is 13.1. The molecule has 13 heteroatoms. The quantitative estimate of drug-likeness (QED) is 0.109. The van der Waals surface area contributed by atoms with E-state index in [9.17, 15) is 46.5 Å². The van der Waals surface area contributed by atoms with Crippen LogP contribution in [0.3, 0.4) is 0 Å². The summed E-state index contributed by atoms with van der Waals surface area (Å²) in [6, 6.07) is 9.40. The topological polar surface area (TPSA) is 117 Å². The Bertz CT molecular complexity index is 2240. The molecule has 20 atom stereocenters. The van der Waals surface area contributed by atoms with Crippen molar-refractivity contribution in [3.8, 4) is 0 Å². The van der Waals surface area contributed by atoms with Gasteiger partial charge in [-0.2, -0.15) is 26.3 Å². The van der Waals surface area contributed by atoms with Gasteiger partial charge in [0.2, 0.25) is 0 Å². The van der Waals surface area contributed by atoms with E-state index in [2.05, 4.69) is 41.5 Å². The smallest absolute Gasteiger partial charge is 0.870 e. The molecule has 4 N–H and O–H groups in total. The number of hydrogen-bond donors (Lipinski definition) is 3. The minimum Gasteiger partial charge on any atom is -0.870 e. The molecule has 0 spiro atoms. The molecule has 10 saturated carbocycles. The van der Waals surface area contributed by atoms with Crippen LogP contribution in [0.2, 0.25) is 0 Å². The second-order valence-corrected chi connectivity index (χ2v) is 31.0. The van der Waals surface area contributed by atoms with E-state index in [1.165, 1.54) is 83.5 Å². The Labute approximate surface area is 540 Å². The first kappa shape index (κ1) is 70.2. The van der Waals surface area contributed by atoms with Gasteiger partial charge in [-0.1, -0.05) is 106 Å². The van der Waals surface area contributed by atoms with Gasteiger partial charge in [0.15, 0.2) is 11.2 Å². The number of esters is 1. The molecule has 83 heavy (non-hydrogen) atoms. The van der Waals surface area contributed by atoms with Gasteiger partial charge in [0.1, 0.15) is 6.10 Å². The van der Waals surface area contributed by atoms with Crippen LogP contribution in [0.4, 0.5) is 26.3 Å². The van der Waals surface area contributed by atoms with Crippen LogP contribution in [0.5, 0.6) is 0 Å². The van der Waals surface area contributed by atoms with Gasteiger partial charge >= 0.3 is 69.7 Å². The Morgan fingerprint density at radius 3 is 1.37 bits per heavy atom. The van der Waals surface area contributed by atoms with Gasteiger partial charge in [0.05, 0.1) is 11.7 Å². The Morgan fingerprint density at radius 2 is 0.940 bits per heavy atom. The van der Waals surface area contributed by atoms with Crippen molar-refractivity contribution in [2.45, 2.75) is 290 Å². The molecular weight excluding hydrogens is 1090 g/mol. The number of benzene rings is 1. The molecule has 1 aromatic carbocycles. The maximum Gasteiger partial charge on any atom is 1.00 e. The van der Waals surface area contributed by atoms with Crippen LogP contribution >= 0.6 is 0 Å². The Kier molecular flexibility index (Phi) is 23.1. The van der Waals surface area contributed by atoms with Crippen molar-refractivity contribution in [2.75, 3.05) is 0 Å². The van der Waals surface area contributed by atoms with Crippen LogP contribution in [0.25, 0.3) is 0 Å². The second-order valence-electron chi connectivity index (χ2n) is 31.0. The number of ether oxygens (including phenoxy) is 1. The maximum atomic E-state index is 13.8. The number of aliphatic hydroxyl groups is 3. The van der Waals surface area contributed by atoms with Crippen molar-refractivity contribution in [1.29, 1.82) is 0 Å². The molecule has 0 radical (unpaired) electrons. The third-order valence-corrected chi connectivity index (χ3v) is 27.5. The summed E-state index contributed by atoms with van der Waals surface area (Å²) in [5.74, 6) is 6.75. The van der Waals surface area contributed by atoms with Crippen molar-refractivity contribution < 1.29 is 108 Å². The molecule has 0 unspecified atom stereocenters. The van der Waals surface area contributed by atoms with Gasteiger partial charge in [0, 0.05) is 0 Å². The molecule has 10 aliphatic rings. The number of fused-ring (bicyclic) bond motifs is 10. The predicted molar refractivity (Wildman–Crippen MR) is 313 cm³/mol. The summed E-state index contributed by atoms with van der Waals surface area (Å²) < 4.78 is 88.5. The number of aliphatic hydroxyl groups excluding tert-OH is 1. The van der Waals surface area contributed by atoms with Gasteiger partial charge in [0.25, 0.3) is 0 Å². The molecule has 10 aliphatic carbocycles. The molecular formula is C70H111F6KO6. The van der Waals surface area contributed by atoms with Crippen molar-refractivity contribution in [3.05, 3.63) is 35.9 Å². The maximum absolute atomic E-state index is 13.8. The first-order valence-corrected chi connectivity index (χ1v) is 33.3. The normalized spacial score (nSPS) is 42.2. The summed E-state index contributed by atoms with van der Waals surface area (Å²) >= 11 is 0.